The van der Waals surface area contributed by atoms with Gasteiger partial charge in [-0.2, -0.15) is 15.4 Å². The Labute approximate surface area is 194 Å². The van der Waals surface area contributed by atoms with Crippen LogP contribution in [0.5, 0.6) is 11.5 Å². The van der Waals surface area contributed by atoms with Crippen molar-refractivity contribution in [2.45, 2.75) is 20.3 Å². The van der Waals surface area contributed by atoms with Crippen LogP contribution >= 0.6 is 23.2 Å². The van der Waals surface area contributed by atoms with Crippen molar-refractivity contribution >= 4 is 51.5 Å². The number of ether oxygens (including phenoxy) is 1. The Balaban J connectivity index is 1.66. The standard InChI is InChI=1S/C23H19Cl2N5O2/c1-12(2)6-14-11-27-20-5-4-16(9-17(14)20)32-22-18(24)7-15(8-19(22)25)30-23(31)28-13(3)21(10-26)29-30/h4-5,7-9,11-12,27H,3,6H2,1-2H3,(H,28,31). The van der Waals surface area contributed by atoms with E-state index in [9.17, 15) is 4.79 Å². The van der Waals surface area contributed by atoms with Gasteiger partial charge < -0.3 is 15.0 Å². The van der Waals surface area contributed by atoms with Gasteiger partial charge in [0.25, 0.3) is 0 Å². The lowest BCUT2D eigenvalue weighted by molar-refractivity contribution is 0.248. The topological polar surface area (TPSA) is 93.5 Å². The van der Waals surface area contributed by atoms with Crippen LogP contribution < -0.4 is 15.1 Å². The molecule has 2 heterocycles. The number of anilines is 1. The molecule has 2 N–H and O–H groups in total. The molecular formula is C23H19Cl2N5O2. The van der Waals surface area contributed by atoms with E-state index >= 15 is 0 Å². The molecule has 0 radical (unpaired) electrons. The number of carbonyl (C=O) groups is 1. The first kappa shape index (κ1) is 21.8. The van der Waals surface area contributed by atoms with Gasteiger partial charge in [0.15, 0.2) is 11.5 Å². The predicted molar refractivity (Wildman–Crippen MR) is 127 cm³/mol. The monoisotopic (exact) mass is 467 g/mol. The van der Waals surface area contributed by atoms with E-state index in [1.807, 2.05) is 30.5 Å². The van der Waals surface area contributed by atoms with Crippen molar-refractivity contribution in [1.29, 1.82) is 5.26 Å². The number of aromatic amines is 1. The Hall–Kier alpha value is -3.47. The average Bonchev–Trinajstić information content (AvgIpc) is 3.12. The molecule has 0 atom stereocenters. The lowest BCUT2D eigenvalue weighted by Gasteiger charge is -2.24. The van der Waals surface area contributed by atoms with Crippen molar-refractivity contribution in [3.8, 4) is 17.6 Å². The molecule has 7 nitrogen and oxygen atoms in total. The number of hydrogen-bond acceptors (Lipinski definition) is 4. The highest BCUT2D eigenvalue weighted by molar-refractivity contribution is 6.37. The third-order valence-electron chi connectivity index (χ3n) is 4.86. The Morgan fingerprint density at radius 1 is 1.25 bits per heavy atom. The van der Waals surface area contributed by atoms with E-state index in [4.69, 9.17) is 33.2 Å². The van der Waals surface area contributed by atoms with Crippen molar-refractivity contribution in [3.63, 3.8) is 0 Å². The van der Waals surface area contributed by atoms with Gasteiger partial charge in [0.05, 0.1) is 21.4 Å². The first-order chi connectivity index (χ1) is 15.3. The number of fused-ring (bicyclic) bond motifs is 1. The maximum atomic E-state index is 12.3. The minimum Gasteiger partial charge on any atom is -0.454 e. The molecule has 0 saturated carbocycles. The first-order valence-corrected chi connectivity index (χ1v) is 10.6. The number of allylic oxidation sites excluding steroid dienone is 1. The van der Waals surface area contributed by atoms with Crippen LogP contribution in [0.3, 0.4) is 0 Å². The molecule has 9 heteroatoms. The molecule has 2 amide bonds. The van der Waals surface area contributed by atoms with Crippen LogP contribution in [0.15, 0.2) is 53.9 Å². The molecule has 0 spiro atoms. The second-order valence-corrected chi connectivity index (χ2v) is 8.56. The minimum atomic E-state index is -0.578. The smallest absolute Gasteiger partial charge is 0.347 e. The summed E-state index contributed by atoms with van der Waals surface area (Å²) in [4.78, 5) is 15.6. The number of halogens is 2. The van der Waals surface area contributed by atoms with E-state index in [1.165, 1.54) is 17.7 Å². The summed E-state index contributed by atoms with van der Waals surface area (Å²) in [5.41, 5.74) is 2.61. The van der Waals surface area contributed by atoms with Crippen molar-refractivity contribution in [1.82, 2.24) is 10.3 Å². The maximum absolute atomic E-state index is 12.3. The van der Waals surface area contributed by atoms with Gasteiger partial charge in [-0.15, -0.1) is 0 Å². The Morgan fingerprint density at radius 3 is 2.62 bits per heavy atom. The zero-order valence-corrected chi connectivity index (χ0v) is 18.9. The van der Waals surface area contributed by atoms with E-state index in [1.54, 1.807) is 0 Å². The van der Waals surface area contributed by atoms with Crippen LogP contribution in [0.2, 0.25) is 10.0 Å². The molecule has 0 bridgehead atoms. The van der Waals surface area contributed by atoms with Crippen LogP contribution in [0, 0.1) is 17.2 Å². The van der Waals surface area contributed by atoms with Gasteiger partial charge in [0, 0.05) is 17.1 Å². The van der Waals surface area contributed by atoms with Gasteiger partial charge in [-0.25, -0.2) is 4.79 Å². The van der Waals surface area contributed by atoms with E-state index < -0.39 is 6.03 Å². The molecule has 162 valence electrons. The molecule has 1 aliphatic rings. The largest absolute Gasteiger partial charge is 0.454 e. The number of urea groups is 1. The summed E-state index contributed by atoms with van der Waals surface area (Å²) in [7, 11) is 0. The van der Waals surface area contributed by atoms with Gasteiger partial charge in [-0.1, -0.05) is 43.6 Å². The average molecular weight is 468 g/mol. The second-order valence-electron chi connectivity index (χ2n) is 7.74. The Kier molecular flexibility index (Phi) is 5.83. The van der Waals surface area contributed by atoms with Crippen LogP contribution in [0.25, 0.3) is 10.9 Å². The summed E-state index contributed by atoms with van der Waals surface area (Å²) in [5.74, 6) is 1.35. The number of rotatable bonds is 5. The third kappa shape index (κ3) is 4.15. The van der Waals surface area contributed by atoms with Crippen molar-refractivity contribution in [3.05, 3.63) is 64.4 Å². The molecule has 2 aromatic carbocycles. The van der Waals surface area contributed by atoms with Crippen LogP contribution in [-0.2, 0) is 6.42 Å². The van der Waals surface area contributed by atoms with Gasteiger partial charge in [0.1, 0.15) is 11.8 Å². The lowest BCUT2D eigenvalue weighted by atomic mass is 10.0. The molecule has 3 aromatic rings. The molecule has 0 fully saturated rings. The highest BCUT2D eigenvalue weighted by Crippen LogP contribution is 2.41. The van der Waals surface area contributed by atoms with Gasteiger partial charge in [-0.05, 0) is 48.2 Å². The van der Waals surface area contributed by atoms with Crippen LogP contribution in [-0.4, -0.2) is 16.7 Å². The van der Waals surface area contributed by atoms with Crippen molar-refractivity contribution in [2.24, 2.45) is 11.0 Å². The van der Waals surface area contributed by atoms with E-state index in [-0.39, 0.29) is 32.9 Å². The minimum absolute atomic E-state index is 0.0193. The number of hydrogen-bond donors (Lipinski definition) is 2. The number of nitrogens with zero attached hydrogens (tertiary/aromatic N) is 3. The van der Waals surface area contributed by atoms with Crippen LogP contribution in [0.1, 0.15) is 19.4 Å². The zero-order valence-electron chi connectivity index (χ0n) is 17.4. The highest BCUT2D eigenvalue weighted by Gasteiger charge is 2.26. The van der Waals surface area contributed by atoms with Crippen molar-refractivity contribution < 1.29 is 9.53 Å². The number of amides is 2. The molecule has 32 heavy (non-hydrogen) atoms. The summed E-state index contributed by atoms with van der Waals surface area (Å²) >= 11 is 12.9. The fraction of sp³-hybridized carbons (Fsp3) is 0.174. The zero-order chi connectivity index (χ0) is 23.0. The van der Waals surface area contributed by atoms with Gasteiger partial charge >= 0.3 is 6.03 Å². The molecule has 4 rings (SSSR count). The molecule has 0 aliphatic carbocycles. The third-order valence-corrected chi connectivity index (χ3v) is 5.42. The van der Waals surface area contributed by atoms with Gasteiger partial charge in [-0.3, -0.25) is 0 Å². The second kappa shape index (κ2) is 8.58. The number of aromatic nitrogens is 1. The molecule has 1 aromatic heterocycles. The molecule has 0 unspecified atom stereocenters. The Morgan fingerprint density at radius 2 is 1.97 bits per heavy atom. The number of benzene rings is 2. The van der Waals surface area contributed by atoms with E-state index in [0.717, 1.165) is 22.3 Å². The first-order valence-electron chi connectivity index (χ1n) is 9.82. The fourth-order valence-corrected chi connectivity index (χ4v) is 3.98. The van der Waals surface area contributed by atoms with Crippen molar-refractivity contribution in [2.75, 3.05) is 5.01 Å². The highest BCUT2D eigenvalue weighted by atomic mass is 35.5. The van der Waals surface area contributed by atoms with Crippen LogP contribution in [0.4, 0.5) is 10.5 Å². The summed E-state index contributed by atoms with van der Waals surface area (Å²) in [5, 5.41) is 18.1. The quantitative estimate of drug-likeness (QED) is 0.455. The Bertz CT molecular complexity index is 1300. The number of nitriles is 1. The number of nitrogens with one attached hydrogen (secondary N) is 2. The summed E-state index contributed by atoms with van der Waals surface area (Å²) < 4.78 is 6.01. The predicted octanol–water partition coefficient (Wildman–Crippen LogP) is 6.39. The summed E-state index contributed by atoms with van der Waals surface area (Å²) in [6.07, 6.45) is 2.95. The van der Waals surface area contributed by atoms with E-state index in [2.05, 4.69) is 35.8 Å². The number of carbonyl (C=O) groups excluding carboxylic acids is 1. The van der Waals surface area contributed by atoms with E-state index in [0.29, 0.717) is 11.7 Å². The molecular weight excluding hydrogens is 449 g/mol. The molecule has 0 saturated heterocycles. The van der Waals surface area contributed by atoms with Gasteiger partial charge in [0.2, 0.25) is 0 Å². The molecule has 1 aliphatic heterocycles. The number of H-pyrrole nitrogens is 1. The summed E-state index contributed by atoms with van der Waals surface area (Å²) in [6, 6.07) is 9.99. The lowest BCUT2D eigenvalue weighted by Crippen LogP contribution is -2.42. The fourth-order valence-electron chi connectivity index (χ4n) is 3.43. The number of hydrazone groups is 1. The SMILES string of the molecule is C=C1NC(=O)N(c2cc(Cl)c(Oc3ccc4[nH]cc(CC(C)C)c4c3)c(Cl)c2)N=C1C#N. The maximum Gasteiger partial charge on any atom is 0.347 e. The normalized spacial score (nSPS) is 13.9. The summed E-state index contributed by atoms with van der Waals surface area (Å²) in [6.45, 7) is 7.93.